The van der Waals surface area contributed by atoms with Gasteiger partial charge in [-0.3, -0.25) is 0 Å². The lowest BCUT2D eigenvalue weighted by Crippen LogP contribution is -2.13. The number of rotatable bonds is 0. The molecule has 0 fully saturated rings. The number of nitrogens with zero attached hydrogens (tertiary/aromatic N) is 1. The van der Waals surface area contributed by atoms with Crippen molar-refractivity contribution in [3.63, 3.8) is 0 Å². The number of halogens is 2. The minimum Gasteiger partial charge on any atom is -0.240 e. The van der Waals surface area contributed by atoms with Gasteiger partial charge in [-0.15, -0.1) is 0 Å². The van der Waals surface area contributed by atoms with E-state index in [0.717, 1.165) is 10.2 Å². The topological polar surface area (TPSA) is 12.9 Å². The van der Waals surface area contributed by atoms with E-state index >= 15 is 0 Å². The molecule has 0 saturated carbocycles. The van der Waals surface area contributed by atoms with E-state index in [9.17, 15) is 0 Å². The molecule has 3 heteroatoms. The van der Waals surface area contributed by atoms with Crippen LogP contribution in [-0.4, -0.2) is 4.98 Å². The number of pyridine rings is 1. The molecule has 0 atom stereocenters. The summed E-state index contributed by atoms with van der Waals surface area (Å²) in [6.07, 6.45) is 2.23. The molecule has 0 radical (unpaired) electrons. The molecular weight excluding hydrogens is 261 g/mol. The van der Waals surface area contributed by atoms with Gasteiger partial charge in [0.25, 0.3) is 0 Å². The summed E-state index contributed by atoms with van der Waals surface area (Å²) >= 11 is 9.46. The fraction of sp³-hybridized carbons (Fsp3) is 0.364. The van der Waals surface area contributed by atoms with Crippen molar-refractivity contribution in [1.82, 2.24) is 4.98 Å². The molecule has 1 aromatic heterocycles. The number of hydrogen-bond donors (Lipinski definition) is 0. The van der Waals surface area contributed by atoms with E-state index in [1.807, 2.05) is 6.07 Å². The van der Waals surface area contributed by atoms with Crippen molar-refractivity contribution >= 4 is 33.1 Å². The van der Waals surface area contributed by atoms with Crippen LogP contribution in [0, 0.1) is 0 Å². The third kappa shape index (κ3) is 1.41. The second-order valence-corrected chi connectivity index (χ2v) is 5.44. The normalized spacial score (nSPS) is 17.9. The van der Waals surface area contributed by atoms with Crippen LogP contribution in [0.5, 0.6) is 0 Å². The Morgan fingerprint density at radius 3 is 2.71 bits per heavy atom. The number of aromatic nitrogens is 1. The standard InChI is InChI=1S/C11H11BrClN/c1-6-5-11(2,3)10-9(6)7(12)4-8(13)14-10/h4-5H,1-3H3. The van der Waals surface area contributed by atoms with E-state index in [4.69, 9.17) is 11.6 Å². The fourth-order valence-electron chi connectivity index (χ4n) is 2.01. The maximum Gasteiger partial charge on any atom is 0.130 e. The predicted molar refractivity (Wildman–Crippen MR) is 63.6 cm³/mol. The maximum absolute atomic E-state index is 5.94. The smallest absolute Gasteiger partial charge is 0.130 e. The first kappa shape index (κ1) is 10.2. The van der Waals surface area contributed by atoms with Crippen molar-refractivity contribution in [3.8, 4) is 0 Å². The van der Waals surface area contributed by atoms with Crippen LogP contribution < -0.4 is 0 Å². The van der Waals surface area contributed by atoms with Crippen molar-refractivity contribution < 1.29 is 0 Å². The molecule has 2 rings (SSSR count). The molecule has 1 aliphatic carbocycles. The van der Waals surface area contributed by atoms with Crippen LogP contribution in [0.1, 0.15) is 32.0 Å². The number of fused-ring (bicyclic) bond motifs is 1. The molecule has 0 aliphatic heterocycles. The van der Waals surface area contributed by atoms with E-state index in [1.54, 1.807) is 0 Å². The minimum atomic E-state index is -0.00711. The summed E-state index contributed by atoms with van der Waals surface area (Å²) in [6.45, 7) is 6.41. The van der Waals surface area contributed by atoms with Crippen LogP contribution in [0.4, 0.5) is 0 Å². The van der Waals surface area contributed by atoms with Crippen molar-refractivity contribution in [2.75, 3.05) is 0 Å². The highest BCUT2D eigenvalue weighted by Crippen LogP contribution is 2.42. The van der Waals surface area contributed by atoms with E-state index in [1.165, 1.54) is 11.1 Å². The van der Waals surface area contributed by atoms with E-state index < -0.39 is 0 Å². The maximum atomic E-state index is 5.94. The molecule has 74 valence electrons. The molecule has 1 heterocycles. The molecule has 0 spiro atoms. The molecule has 0 aromatic carbocycles. The first-order chi connectivity index (χ1) is 6.42. The molecule has 0 bridgehead atoms. The summed E-state index contributed by atoms with van der Waals surface area (Å²) in [6, 6.07) is 1.85. The Balaban J connectivity index is 2.76. The largest absolute Gasteiger partial charge is 0.240 e. The Kier molecular flexibility index (Phi) is 2.24. The minimum absolute atomic E-state index is 0.00711. The Hall–Kier alpha value is -0.340. The van der Waals surface area contributed by atoms with Crippen LogP contribution in [0.2, 0.25) is 5.15 Å². The molecule has 14 heavy (non-hydrogen) atoms. The van der Waals surface area contributed by atoms with Gasteiger partial charge in [0.05, 0.1) is 5.69 Å². The highest BCUT2D eigenvalue weighted by Gasteiger charge is 2.31. The molecule has 0 N–H and O–H groups in total. The second-order valence-electron chi connectivity index (χ2n) is 4.20. The van der Waals surface area contributed by atoms with Crippen molar-refractivity contribution in [2.45, 2.75) is 26.2 Å². The summed E-state index contributed by atoms with van der Waals surface area (Å²) in [5.74, 6) is 0. The monoisotopic (exact) mass is 271 g/mol. The van der Waals surface area contributed by atoms with Gasteiger partial charge in [-0.2, -0.15) is 0 Å². The quantitative estimate of drug-likeness (QED) is 0.645. The summed E-state index contributed by atoms with van der Waals surface area (Å²) in [5.41, 5.74) is 3.52. The van der Waals surface area contributed by atoms with Gasteiger partial charge in [-0.25, -0.2) is 4.98 Å². The van der Waals surface area contributed by atoms with Crippen molar-refractivity contribution in [3.05, 3.63) is 33.0 Å². The zero-order valence-electron chi connectivity index (χ0n) is 8.36. The molecule has 0 unspecified atom stereocenters. The molecule has 1 aliphatic rings. The average molecular weight is 273 g/mol. The van der Waals surface area contributed by atoms with Gasteiger partial charge in [-0.1, -0.05) is 31.5 Å². The van der Waals surface area contributed by atoms with Crippen molar-refractivity contribution in [2.24, 2.45) is 0 Å². The zero-order valence-corrected chi connectivity index (χ0v) is 10.7. The molecule has 1 nitrogen and oxygen atoms in total. The van der Waals surface area contributed by atoms with Crippen LogP contribution in [0.3, 0.4) is 0 Å². The van der Waals surface area contributed by atoms with E-state index in [-0.39, 0.29) is 5.41 Å². The molecule has 0 amide bonds. The highest BCUT2D eigenvalue weighted by molar-refractivity contribution is 9.10. The van der Waals surface area contributed by atoms with Crippen molar-refractivity contribution in [1.29, 1.82) is 0 Å². The third-order valence-corrected chi connectivity index (χ3v) is 3.34. The van der Waals surface area contributed by atoms with E-state index in [2.05, 4.69) is 47.8 Å². The zero-order chi connectivity index (χ0) is 10.5. The average Bonchev–Trinajstić information content (AvgIpc) is 2.21. The SMILES string of the molecule is CC1=CC(C)(C)c2nc(Cl)cc(Br)c21. The summed E-state index contributed by atoms with van der Waals surface area (Å²) < 4.78 is 1.03. The third-order valence-electron chi connectivity index (χ3n) is 2.52. The second kappa shape index (κ2) is 3.07. The van der Waals surface area contributed by atoms with Gasteiger partial charge >= 0.3 is 0 Å². The Morgan fingerprint density at radius 2 is 2.07 bits per heavy atom. The van der Waals surface area contributed by atoms with Gasteiger partial charge < -0.3 is 0 Å². The fourth-order valence-corrected chi connectivity index (χ4v) is 3.05. The van der Waals surface area contributed by atoms with Crippen LogP contribution >= 0.6 is 27.5 Å². The Bertz CT molecular complexity index is 435. The first-order valence-electron chi connectivity index (χ1n) is 4.48. The van der Waals surface area contributed by atoms with Gasteiger partial charge in [0.2, 0.25) is 0 Å². The van der Waals surface area contributed by atoms with E-state index in [0.29, 0.717) is 5.15 Å². The molecule has 1 aromatic rings. The van der Waals surface area contributed by atoms with Gasteiger partial charge in [0, 0.05) is 15.5 Å². The van der Waals surface area contributed by atoms with Crippen LogP contribution in [0.15, 0.2) is 16.6 Å². The van der Waals surface area contributed by atoms with Crippen LogP contribution in [0.25, 0.3) is 5.57 Å². The number of allylic oxidation sites excluding steroid dienone is 2. The summed E-state index contributed by atoms with van der Waals surface area (Å²) in [7, 11) is 0. The van der Waals surface area contributed by atoms with Gasteiger partial charge in [-0.05, 0) is 34.5 Å². The predicted octanol–water partition coefficient (Wildman–Crippen LogP) is 4.19. The number of hydrogen-bond acceptors (Lipinski definition) is 1. The molecule has 0 saturated heterocycles. The lowest BCUT2D eigenvalue weighted by molar-refractivity contribution is 0.656. The lowest BCUT2D eigenvalue weighted by atomic mass is 9.92. The summed E-state index contributed by atoms with van der Waals surface area (Å²) in [4.78, 5) is 4.40. The first-order valence-corrected chi connectivity index (χ1v) is 5.65. The Labute approximate surface area is 97.3 Å². The highest BCUT2D eigenvalue weighted by atomic mass is 79.9. The summed E-state index contributed by atoms with van der Waals surface area (Å²) in [5, 5.41) is 0.548. The Morgan fingerprint density at radius 1 is 1.43 bits per heavy atom. The molecular formula is C11H11BrClN. The van der Waals surface area contributed by atoms with Gasteiger partial charge in [0.1, 0.15) is 5.15 Å². The van der Waals surface area contributed by atoms with Crippen LogP contribution in [-0.2, 0) is 5.41 Å². The van der Waals surface area contributed by atoms with Gasteiger partial charge in [0.15, 0.2) is 0 Å². The lowest BCUT2D eigenvalue weighted by Gasteiger charge is -2.16.